The van der Waals surface area contributed by atoms with Gasteiger partial charge in [0.15, 0.2) is 0 Å². The molecule has 0 spiro atoms. The Labute approximate surface area is 135 Å². The van der Waals surface area contributed by atoms with Crippen molar-refractivity contribution in [2.45, 2.75) is 6.54 Å². The summed E-state index contributed by atoms with van der Waals surface area (Å²) < 4.78 is 7.34. The predicted octanol–water partition coefficient (Wildman–Crippen LogP) is 4.81. The normalized spacial score (nSPS) is 9.90. The molecule has 0 amide bonds. The van der Waals surface area contributed by atoms with Gasteiger partial charge in [-0.2, -0.15) is 0 Å². The Morgan fingerprint density at radius 1 is 1.25 bits per heavy atom. The van der Waals surface area contributed by atoms with Crippen LogP contribution >= 0.6 is 31.9 Å². The molecule has 102 valence electrons. The van der Waals surface area contributed by atoms with E-state index in [0.29, 0.717) is 6.54 Å². The van der Waals surface area contributed by atoms with Crippen LogP contribution in [0.25, 0.3) is 0 Å². The highest BCUT2D eigenvalue weighted by molar-refractivity contribution is 9.11. The number of rotatable bonds is 4. The van der Waals surface area contributed by atoms with Crippen molar-refractivity contribution < 1.29 is 4.74 Å². The molecule has 2 rings (SSSR count). The summed E-state index contributed by atoms with van der Waals surface area (Å²) in [5.74, 6) is 3.45. The van der Waals surface area contributed by atoms with E-state index in [4.69, 9.17) is 11.2 Å². The van der Waals surface area contributed by atoms with E-state index >= 15 is 0 Å². The third kappa shape index (κ3) is 3.56. The maximum Gasteiger partial charge on any atom is 0.138 e. The molecule has 0 aromatic heterocycles. The Kier molecular flexibility index (Phi) is 5.11. The number of terminal acetylenes is 1. The summed E-state index contributed by atoms with van der Waals surface area (Å²) in [6, 6.07) is 11.8. The molecule has 0 fully saturated rings. The molecule has 1 N–H and O–H groups in total. The molecule has 4 heteroatoms. The predicted molar refractivity (Wildman–Crippen MR) is 90.1 cm³/mol. The highest BCUT2D eigenvalue weighted by Crippen LogP contribution is 2.33. The van der Waals surface area contributed by atoms with E-state index in [-0.39, 0.29) is 0 Å². The molecular formula is C16H13Br2NO. The fraction of sp³-hybridized carbons (Fsp3) is 0.125. The van der Waals surface area contributed by atoms with E-state index in [1.807, 2.05) is 36.4 Å². The van der Waals surface area contributed by atoms with Gasteiger partial charge in [0.25, 0.3) is 0 Å². The van der Waals surface area contributed by atoms with Crippen LogP contribution in [0.15, 0.2) is 45.3 Å². The van der Waals surface area contributed by atoms with Gasteiger partial charge in [0.2, 0.25) is 0 Å². The number of anilines is 1. The third-order valence-corrected chi connectivity index (χ3v) is 3.85. The van der Waals surface area contributed by atoms with E-state index in [9.17, 15) is 0 Å². The molecule has 0 aliphatic carbocycles. The average Bonchev–Trinajstić information content (AvgIpc) is 2.45. The van der Waals surface area contributed by atoms with Crippen LogP contribution in [0.5, 0.6) is 5.75 Å². The topological polar surface area (TPSA) is 21.3 Å². The van der Waals surface area contributed by atoms with Crippen LogP contribution in [0.3, 0.4) is 0 Å². The van der Waals surface area contributed by atoms with Gasteiger partial charge in [-0.25, -0.2) is 0 Å². The van der Waals surface area contributed by atoms with Crippen molar-refractivity contribution in [3.8, 4) is 18.1 Å². The molecule has 0 aliphatic heterocycles. The molecule has 20 heavy (non-hydrogen) atoms. The van der Waals surface area contributed by atoms with E-state index in [2.05, 4.69) is 43.1 Å². The van der Waals surface area contributed by atoms with Crippen molar-refractivity contribution in [2.24, 2.45) is 0 Å². The second kappa shape index (κ2) is 6.83. The summed E-state index contributed by atoms with van der Waals surface area (Å²) >= 11 is 6.98. The summed E-state index contributed by atoms with van der Waals surface area (Å²) in [5.41, 5.74) is 2.90. The van der Waals surface area contributed by atoms with Gasteiger partial charge >= 0.3 is 0 Å². The first-order valence-corrected chi connectivity index (χ1v) is 7.55. The van der Waals surface area contributed by atoms with Gasteiger partial charge in [-0.3, -0.25) is 0 Å². The van der Waals surface area contributed by atoms with Crippen LogP contribution in [0.2, 0.25) is 0 Å². The number of hydrogen-bond acceptors (Lipinski definition) is 2. The van der Waals surface area contributed by atoms with Crippen LogP contribution in [-0.2, 0) is 6.54 Å². The van der Waals surface area contributed by atoms with Gasteiger partial charge < -0.3 is 10.1 Å². The molecule has 2 aromatic carbocycles. The Balaban J connectivity index is 2.20. The molecular weight excluding hydrogens is 382 g/mol. The SMILES string of the molecule is C#Cc1cccc(NCc2cc(Br)cc(Br)c2OC)c1. The number of methoxy groups -OCH3 is 1. The van der Waals surface area contributed by atoms with Gasteiger partial charge in [-0.15, -0.1) is 6.42 Å². The maximum absolute atomic E-state index is 5.42. The lowest BCUT2D eigenvalue weighted by Gasteiger charge is -2.13. The van der Waals surface area contributed by atoms with Crippen LogP contribution in [0.4, 0.5) is 5.69 Å². The summed E-state index contributed by atoms with van der Waals surface area (Å²) in [6.45, 7) is 0.648. The van der Waals surface area contributed by atoms with Gasteiger partial charge in [0.1, 0.15) is 5.75 Å². The lowest BCUT2D eigenvalue weighted by molar-refractivity contribution is 0.407. The molecule has 0 saturated heterocycles. The fourth-order valence-corrected chi connectivity index (χ4v) is 3.37. The van der Waals surface area contributed by atoms with Gasteiger partial charge in [-0.05, 0) is 46.3 Å². The minimum Gasteiger partial charge on any atom is -0.495 e. The van der Waals surface area contributed by atoms with Crippen molar-refractivity contribution in [1.82, 2.24) is 0 Å². The number of benzene rings is 2. The smallest absolute Gasteiger partial charge is 0.138 e. The van der Waals surface area contributed by atoms with E-state index in [1.54, 1.807) is 7.11 Å². The molecule has 0 heterocycles. The van der Waals surface area contributed by atoms with Crippen LogP contribution < -0.4 is 10.1 Å². The quantitative estimate of drug-likeness (QED) is 0.751. The fourth-order valence-electron chi connectivity index (χ4n) is 1.89. The Bertz CT molecular complexity index is 662. The molecule has 0 atom stereocenters. The van der Waals surface area contributed by atoms with Gasteiger partial charge in [-0.1, -0.05) is 27.9 Å². The molecule has 0 bridgehead atoms. The zero-order valence-corrected chi connectivity index (χ0v) is 14.1. The van der Waals surface area contributed by atoms with Crippen LogP contribution in [0, 0.1) is 12.3 Å². The number of hydrogen-bond donors (Lipinski definition) is 1. The molecule has 0 radical (unpaired) electrons. The van der Waals surface area contributed by atoms with Crippen molar-refractivity contribution in [1.29, 1.82) is 0 Å². The van der Waals surface area contributed by atoms with Gasteiger partial charge in [0.05, 0.1) is 11.6 Å². The molecule has 0 saturated carbocycles. The average molecular weight is 395 g/mol. The van der Waals surface area contributed by atoms with E-state index < -0.39 is 0 Å². The Hall–Kier alpha value is -1.44. The highest BCUT2D eigenvalue weighted by atomic mass is 79.9. The Morgan fingerprint density at radius 3 is 2.75 bits per heavy atom. The minimum atomic E-state index is 0.648. The van der Waals surface area contributed by atoms with Crippen molar-refractivity contribution in [2.75, 3.05) is 12.4 Å². The standard InChI is InChI=1S/C16H13Br2NO/c1-3-11-5-4-6-14(7-11)19-10-12-8-13(17)9-15(18)16(12)20-2/h1,4-9,19H,10H2,2H3. The lowest BCUT2D eigenvalue weighted by Crippen LogP contribution is -2.02. The monoisotopic (exact) mass is 393 g/mol. The molecule has 2 nitrogen and oxygen atoms in total. The largest absolute Gasteiger partial charge is 0.495 e. The minimum absolute atomic E-state index is 0.648. The number of ether oxygens (including phenoxy) is 1. The lowest BCUT2D eigenvalue weighted by atomic mass is 10.1. The first-order chi connectivity index (χ1) is 9.63. The highest BCUT2D eigenvalue weighted by Gasteiger charge is 2.09. The molecule has 0 unspecified atom stereocenters. The zero-order valence-electron chi connectivity index (χ0n) is 10.9. The van der Waals surface area contributed by atoms with Crippen molar-refractivity contribution in [3.05, 3.63) is 56.5 Å². The second-order valence-corrected chi connectivity index (χ2v) is 5.93. The Morgan fingerprint density at radius 2 is 2.05 bits per heavy atom. The second-order valence-electron chi connectivity index (χ2n) is 4.16. The zero-order chi connectivity index (χ0) is 14.5. The molecule has 2 aromatic rings. The first kappa shape index (κ1) is 15.0. The number of halogens is 2. The van der Waals surface area contributed by atoms with Crippen molar-refractivity contribution >= 4 is 37.5 Å². The van der Waals surface area contributed by atoms with E-state index in [1.165, 1.54) is 0 Å². The first-order valence-electron chi connectivity index (χ1n) is 5.96. The van der Waals surface area contributed by atoms with Crippen LogP contribution in [-0.4, -0.2) is 7.11 Å². The van der Waals surface area contributed by atoms with E-state index in [0.717, 1.165) is 31.5 Å². The summed E-state index contributed by atoms with van der Waals surface area (Å²) in [4.78, 5) is 0. The third-order valence-electron chi connectivity index (χ3n) is 2.80. The molecule has 0 aliphatic rings. The van der Waals surface area contributed by atoms with Crippen molar-refractivity contribution in [3.63, 3.8) is 0 Å². The summed E-state index contributed by atoms with van der Waals surface area (Å²) in [5, 5.41) is 3.35. The van der Waals surface area contributed by atoms with Gasteiger partial charge in [0, 0.05) is 27.8 Å². The maximum atomic E-state index is 5.42. The summed E-state index contributed by atoms with van der Waals surface area (Å²) in [6.07, 6.45) is 5.40. The summed E-state index contributed by atoms with van der Waals surface area (Å²) in [7, 11) is 1.66. The number of nitrogens with one attached hydrogen (secondary N) is 1. The van der Waals surface area contributed by atoms with Crippen LogP contribution in [0.1, 0.15) is 11.1 Å².